The van der Waals surface area contributed by atoms with Gasteiger partial charge in [-0.15, -0.1) is 0 Å². The summed E-state index contributed by atoms with van der Waals surface area (Å²) in [5.41, 5.74) is 4.57. The van der Waals surface area contributed by atoms with E-state index in [4.69, 9.17) is 11.3 Å². The van der Waals surface area contributed by atoms with Crippen molar-refractivity contribution in [3.8, 4) is 33.5 Å². The van der Waals surface area contributed by atoms with Gasteiger partial charge in [0.15, 0.2) is 0 Å². The number of hydrogen-bond donors (Lipinski definition) is 2. The van der Waals surface area contributed by atoms with E-state index in [9.17, 15) is 10.0 Å². The molecule has 6 aromatic rings. The first-order chi connectivity index (χ1) is 19.2. The Morgan fingerprint density at radius 1 is 0.800 bits per heavy atom. The average molecular weight is 525 g/mol. The van der Waals surface area contributed by atoms with Crippen molar-refractivity contribution in [3.63, 3.8) is 0 Å². The second kappa shape index (κ2) is 8.82. The highest BCUT2D eigenvalue weighted by molar-refractivity contribution is 9.10. The van der Waals surface area contributed by atoms with Gasteiger partial charge in [0.1, 0.15) is 15.8 Å². The lowest BCUT2D eigenvalue weighted by Crippen LogP contribution is -2.30. The SMILES string of the molecule is [2H]c1c([2H])c([2H])c(-c2ccc(-c3ccccc3)c3c2oc2cc(-c4cc(B(O)O)cc(Br)n4)ccc23)c([2H])c1[2H]. The molecule has 6 heteroatoms. The van der Waals surface area contributed by atoms with Crippen molar-refractivity contribution in [1.29, 1.82) is 0 Å². The Bertz CT molecular complexity index is 1930. The number of pyridine rings is 1. The first kappa shape index (κ1) is 16.8. The van der Waals surface area contributed by atoms with E-state index in [1.807, 2.05) is 48.5 Å². The predicted octanol–water partition coefficient (Wildman–Crippen LogP) is 6.42. The summed E-state index contributed by atoms with van der Waals surface area (Å²) in [4.78, 5) is 4.47. The van der Waals surface area contributed by atoms with Crippen LogP contribution in [-0.2, 0) is 0 Å². The van der Waals surface area contributed by atoms with Crippen molar-refractivity contribution >= 4 is 50.4 Å². The fraction of sp³-hybridized carbons (Fsp3) is 0. The van der Waals surface area contributed by atoms with E-state index in [2.05, 4.69) is 20.9 Å². The van der Waals surface area contributed by atoms with E-state index in [-0.39, 0.29) is 23.1 Å². The maximum atomic E-state index is 9.68. The molecule has 0 fully saturated rings. The van der Waals surface area contributed by atoms with E-state index in [1.165, 1.54) is 6.07 Å². The molecule has 0 saturated heterocycles. The number of fused-ring (bicyclic) bond motifs is 3. The van der Waals surface area contributed by atoms with Gasteiger partial charge in [0.05, 0.1) is 12.5 Å². The van der Waals surface area contributed by atoms with Gasteiger partial charge in [-0.2, -0.15) is 0 Å². The lowest BCUT2D eigenvalue weighted by atomic mass is 9.80. The van der Waals surface area contributed by atoms with Crippen LogP contribution in [0.25, 0.3) is 55.4 Å². The van der Waals surface area contributed by atoms with Crippen LogP contribution in [0.15, 0.2) is 112 Å². The Morgan fingerprint density at radius 2 is 1.57 bits per heavy atom. The van der Waals surface area contributed by atoms with Crippen molar-refractivity contribution in [3.05, 3.63) is 108 Å². The molecule has 2 heterocycles. The van der Waals surface area contributed by atoms with Gasteiger partial charge in [0.2, 0.25) is 0 Å². The van der Waals surface area contributed by atoms with E-state index in [1.54, 1.807) is 18.2 Å². The van der Waals surface area contributed by atoms with Gasteiger partial charge < -0.3 is 14.5 Å². The van der Waals surface area contributed by atoms with Crippen molar-refractivity contribution in [1.82, 2.24) is 4.98 Å². The Kier molecular flexibility index (Phi) is 4.24. The summed E-state index contributed by atoms with van der Waals surface area (Å²) < 4.78 is 48.3. The maximum absolute atomic E-state index is 9.68. The molecule has 0 amide bonds. The standard InChI is InChI=1S/C29H19BBrNO3/c31-27-17-21(30(33)34)16-25(32-27)20-11-12-24-26(15-20)35-29-23(19-9-5-2-6-10-19)14-13-22(28(24)29)18-7-3-1-4-8-18/h1-17,33-34H/i2D,5D,6D,9D,10D. The number of aromatic nitrogens is 1. The van der Waals surface area contributed by atoms with E-state index < -0.39 is 25.2 Å². The van der Waals surface area contributed by atoms with E-state index >= 15 is 0 Å². The molecule has 2 aromatic heterocycles. The first-order valence-electron chi connectivity index (χ1n) is 13.3. The Hall–Kier alpha value is -3.71. The lowest BCUT2D eigenvalue weighted by molar-refractivity contribution is 0.425. The molecule has 0 aliphatic carbocycles. The average Bonchev–Trinajstić information content (AvgIpc) is 3.34. The molecule has 4 nitrogen and oxygen atoms in total. The van der Waals surface area contributed by atoms with Gasteiger partial charge in [-0.25, -0.2) is 4.98 Å². The van der Waals surface area contributed by atoms with Crippen LogP contribution < -0.4 is 5.46 Å². The molecule has 0 saturated carbocycles. The fourth-order valence-electron chi connectivity index (χ4n) is 4.29. The molecule has 2 N–H and O–H groups in total. The minimum atomic E-state index is -1.67. The van der Waals surface area contributed by atoms with Crippen LogP contribution in [-0.4, -0.2) is 22.2 Å². The Morgan fingerprint density at radius 3 is 2.34 bits per heavy atom. The Labute approximate surface area is 217 Å². The second-order valence-corrected chi connectivity index (χ2v) is 8.84. The highest BCUT2D eigenvalue weighted by Crippen LogP contribution is 2.42. The third kappa shape index (κ3) is 3.96. The third-order valence-corrected chi connectivity index (χ3v) is 6.29. The smallest absolute Gasteiger partial charge is 0.455 e. The third-order valence-electron chi connectivity index (χ3n) is 5.89. The topological polar surface area (TPSA) is 66.5 Å². The number of furan rings is 1. The summed E-state index contributed by atoms with van der Waals surface area (Å²) in [6, 6.07) is 20.0. The number of nitrogens with zero attached hydrogens (tertiary/aromatic N) is 1. The number of benzene rings is 4. The second-order valence-electron chi connectivity index (χ2n) is 8.03. The molecule has 4 aromatic carbocycles. The zero-order valence-corrected chi connectivity index (χ0v) is 19.7. The highest BCUT2D eigenvalue weighted by Gasteiger charge is 2.19. The molecule has 6 rings (SSSR count). The summed E-state index contributed by atoms with van der Waals surface area (Å²) >= 11 is 3.32. The molecule has 35 heavy (non-hydrogen) atoms. The van der Waals surface area contributed by atoms with Crippen molar-refractivity contribution in [2.75, 3.05) is 0 Å². The van der Waals surface area contributed by atoms with Crippen LogP contribution in [0, 0.1) is 0 Å². The van der Waals surface area contributed by atoms with Crippen molar-refractivity contribution in [2.45, 2.75) is 0 Å². The van der Waals surface area contributed by atoms with Crippen LogP contribution in [0.4, 0.5) is 0 Å². The van der Waals surface area contributed by atoms with Gasteiger partial charge in [-0.05, 0) is 68.4 Å². The number of hydrogen-bond acceptors (Lipinski definition) is 4. The maximum Gasteiger partial charge on any atom is 0.488 e. The summed E-state index contributed by atoms with van der Waals surface area (Å²) in [6.07, 6.45) is 0. The number of halogens is 1. The monoisotopic (exact) mass is 524 g/mol. The summed E-state index contributed by atoms with van der Waals surface area (Å²) in [5.74, 6) is 0. The summed E-state index contributed by atoms with van der Waals surface area (Å²) in [6.45, 7) is 0. The van der Waals surface area contributed by atoms with Crippen LogP contribution in [0.2, 0.25) is 0 Å². The van der Waals surface area contributed by atoms with Gasteiger partial charge in [0, 0.05) is 21.9 Å². The molecule has 168 valence electrons. The normalized spacial score (nSPS) is 13.3. The minimum Gasteiger partial charge on any atom is -0.455 e. The molecule has 0 radical (unpaired) electrons. The van der Waals surface area contributed by atoms with E-state index in [0.29, 0.717) is 32.6 Å². The molecule has 0 unspecified atom stereocenters. The van der Waals surface area contributed by atoms with E-state index in [0.717, 1.165) is 21.9 Å². The zero-order chi connectivity index (χ0) is 28.3. The molecular weight excluding hydrogens is 501 g/mol. The summed E-state index contributed by atoms with van der Waals surface area (Å²) in [5, 5.41) is 20.9. The van der Waals surface area contributed by atoms with Gasteiger partial charge in [-0.3, -0.25) is 0 Å². The van der Waals surface area contributed by atoms with Crippen LogP contribution >= 0.6 is 15.9 Å². The Balaban J connectivity index is 1.68. The molecule has 0 bridgehead atoms. The summed E-state index contributed by atoms with van der Waals surface area (Å²) in [7, 11) is -1.67. The largest absolute Gasteiger partial charge is 0.488 e. The predicted molar refractivity (Wildman–Crippen MR) is 145 cm³/mol. The van der Waals surface area contributed by atoms with Crippen molar-refractivity contribution in [2.24, 2.45) is 0 Å². The van der Waals surface area contributed by atoms with Gasteiger partial charge in [-0.1, -0.05) is 72.7 Å². The quantitative estimate of drug-likeness (QED) is 0.206. The first-order valence-corrected chi connectivity index (χ1v) is 11.6. The molecule has 0 spiro atoms. The van der Waals surface area contributed by atoms with Crippen LogP contribution in [0.3, 0.4) is 0 Å². The molecular formula is C29H19BBrNO3. The van der Waals surface area contributed by atoms with Crippen LogP contribution in [0.1, 0.15) is 6.85 Å². The van der Waals surface area contributed by atoms with Crippen molar-refractivity contribution < 1.29 is 21.3 Å². The fourth-order valence-corrected chi connectivity index (χ4v) is 4.75. The molecule has 0 aliphatic heterocycles. The van der Waals surface area contributed by atoms with Crippen LogP contribution in [0.5, 0.6) is 0 Å². The highest BCUT2D eigenvalue weighted by atomic mass is 79.9. The lowest BCUT2D eigenvalue weighted by Gasteiger charge is -2.08. The molecule has 0 aliphatic rings. The zero-order valence-electron chi connectivity index (χ0n) is 23.1. The minimum absolute atomic E-state index is 0.0603. The van der Waals surface area contributed by atoms with Gasteiger partial charge >= 0.3 is 7.12 Å². The van der Waals surface area contributed by atoms with Gasteiger partial charge in [0.25, 0.3) is 0 Å². The number of rotatable bonds is 4. The molecule has 0 atom stereocenters.